The Morgan fingerprint density at radius 3 is 2.45 bits per heavy atom. The minimum absolute atomic E-state index is 0.00577. The number of hydrogen-bond donors (Lipinski definition) is 0. The molecule has 3 rings (SSSR count). The van der Waals surface area contributed by atoms with Crippen LogP contribution in [0.3, 0.4) is 0 Å². The number of rotatable bonds is 4. The van der Waals surface area contributed by atoms with Crippen molar-refractivity contribution in [3.8, 4) is 0 Å². The number of aromatic nitrogens is 2. The molecule has 1 atom stereocenters. The summed E-state index contributed by atoms with van der Waals surface area (Å²) in [5, 5.41) is 4.41. The molecule has 1 saturated carbocycles. The Morgan fingerprint density at radius 1 is 1.32 bits per heavy atom. The summed E-state index contributed by atoms with van der Waals surface area (Å²) in [6, 6.07) is 0.273. The van der Waals surface area contributed by atoms with Gasteiger partial charge in [-0.3, -0.25) is 9.48 Å². The smallest absolute Gasteiger partial charge is 0.227 e. The van der Waals surface area contributed by atoms with Crippen molar-refractivity contribution in [3.63, 3.8) is 0 Å². The molecule has 1 aromatic rings. The van der Waals surface area contributed by atoms with E-state index in [9.17, 15) is 13.2 Å². The standard InChI is InChI=1S/C15H23N3O3S/c1-10-14(11(2)17(3)16-10)8-18(13-4-5-13)15(19)12-6-7-22(20,21)9-12/h12-13H,4-9H2,1-3H3. The summed E-state index contributed by atoms with van der Waals surface area (Å²) in [5.41, 5.74) is 3.09. The summed E-state index contributed by atoms with van der Waals surface area (Å²) in [6.45, 7) is 4.51. The molecule has 2 fully saturated rings. The summed E-state index contributed by atoms with van der Waals surface area (Å²) in [7, 11) is -1.13. The van der Waals surface area contributed by atoms with E-state index in [2.05, 4.69) is 5.10 Å². The fourth-order valence-corrected chi connectivity index (χ4v) is 4.95. The molecule has 0 radical (unpaired) electrons. The van der Waals surface area contributed by atoms with Gasteiger partial charge < -0.3 is 4.90 Å². The highest BCUT2D eigenvalue weighted by atomic mass is 32.2. The number of sulfone groups is 1. The van der Waals surface area contributed by atoms with Gasteiger partial charge in [-0.1, -0.05) is 0 Å². The van der Waals surface area contributed by atoms with Crippen molar-refractivity contribution < 1.29 is 13.2 Å². The zero-order valence-electron chi connectivity index (χ0n) is 13.4. The van der Waals surface area contributed by atoms with Crippen molar-refractivity contribution in [3.05, 3.63) is 17.0 Å². The molecule has 0 bridgehead atoms. The van der Waals surface area contributed by atoms with Crippen LogP contribution in [0, 0.1) is 19.8 Å². The summed E-state index contributed by atoms with van der Waals surface area (Å²) in [4.78, 5) is 14.7. The van der Waals surface area contributed by atoms with E-state index in [0.717, 1.165) is 29.8 Å². The molecule has 1 aliphatic heterocycles. The van der Waals surface area contributed by atoms with Crippen molar-refractivity contribution in [2.75, 3.05) is 11.5 Å². The van der Waals surface area contributed by atoms with Gasteiger partial charge in [0, 0.05) is 30.9 Å². The van der Waals surface area contributed by atoms with E-state index < -0.39 is 9.84 Å². The first-order chi connectivity index (χ1) is 10.3. The summed E-state index contributed by atoms with van der Waals surface area (Å²) >= 11 is 0. The van der Waals surface area contributed by atoms with Crippen LogP contribution in [-0.2, 0) is 28.2 Å². The first-order valence-electron chi connectivity index (χ1n) is 7.78. The van der Waals surface area contributed by atoms with Crippen LogP contribution in [0.15, 0.2) is 0 Å². The first kappa shape index (κ1) is 15.5. The summed E-state index contributed by atoms with van der Waals surface area (Å²) < 4.78 is 25.1. The first-order valence-corrected chi connectivity index (χ1v) is 9.60. The van der Waals surface area contributed by atoms with Gasteiger partial charge in [-0.2, -0.15) is 5.10 Å². The molecule has 1 aromatic heterocycles. The fraction of sp³-hybridized carbons (Fsp3) is 0.733. The van der Waals surface area contributed by atoms with E-state index in [-0.39, 0.29) is 29.4 Å². The van der Waals surface area contributed by atoms with Gasteiger partial charge in [0.1, 0.15) is 0 Å². The SMILES string of the molecule is Cc1nn(C)c(C)c1CN(C(=O)C1CCS(=O)(=O)C1)C1CC1. The van der Waals surface area contributed by atoms with E-state index in [1.54, 1.807) is 0 Å². The zero-order chi connectivity index (χ0) is 16.1. The highest BCUT2D eigenvalue weighted by Crippen LogP contribution is 2.32. The Bertz CT molecular complexity index is 704. The molecule has 122 valence electrons. The Kier molecular flexibility index (Phi) is 3.79. The molecule has 2 heterocycles. The number of aryl methyl sites for hydroxylation is 2. The molecule has 1 unspecified atom stereocenters. The second-order valence-electron chi connectivity index (χ2n) is 6.57. The Morgan fingerprint density at radius 2 is 2.00 bits per heavy atom. The van der Waals surface area contributed by atoms with Crippen LogP contribution >= 0.6 is 0 Å². The second-order valence-corrected chi connectivity index (χ2v) is 8.80. The average molecular weight is 325 g/mol. The molecule has 0 aromatic carbocycles. The van der Waals surface area contributed by atoms with Crippen LogP contribution in [-0.4, -0.2) is 46.6 Å². The molecule has 0 N–H and O–H groups in total. The van der Waals surface area contributed by atoms with Gasteiger partial charge in [-0.25, -0.2) is 8.42 Å². The van der Waals surface area contributed by atoms with E-state index in [4.69, 9.17) is 0 Å². The summed E-state index contributed by atoms with van der Waals surface area (Å²) in [6.07, 6.45) is 2.50. The maximum atomic E-state index is 12.8. The van der Waals surface area contributed by atoms with Crippen molar-refractivity contribution >= 4 is 15.7 Å². The van der Waals surface area contributed by atoms with Crippen LogP contribution < -0.4 is 0 Å². The highest BCUT2D eigenvalue weighted by Gasteiger charge is 2.40. The number of nitrogens with zero attached hydrogens (tertiary/aromatic N) is 3. The maximum absolute atomic E-state index is 12.8. The highest BCUT2D eigenvalue weighted by molar-refractivity contribution is 7.91. The van der Waals surface area contributed by atoms with Crippen LogP contribution in [0.2, 0.25) is 0 Å². The lowest BCUT2D eigenvalue weighted by Crippen LogP contribution is -2.38. The Labute approximate surface area is 131 Å². The predicted molar refractivity (Wildman–Crippen MR) is 83.0 cm³/mol. The molecule has 1 saturated heterocycles. The molecule has 0 spiro atoms. The largest absolute Gasteiger partial charge is 0.335 e. The maximum Gasteiger partial charge on any atom is 0.227 e. The van der Waals surface area contributed by atoms with E-state index in [0.29, 0.717) is 13.0 Å². The predicted octanol–water partition coefficient (Wildman–Crippen LogP) is 0.963. The van der Waals surface area contributed by atoms with Crippen LogP contribution in [0.4, 0.5) is 0 Å². The number of hydrogen-bond acceptors (Lipinski definition) is 4. The van der Waals surface area contributed by atoms with Crippen molar-refractivity contribution in [1.82, 2.24) is 14.7 Å². The average Bonchev–Trinajstić information content (AvgIpc) is 3.16. The van der Waals surface area contributed by atoms with Gasteiger partial charge in [0.2, 0.25) is 5.91 Å². The molecule has 6 nitrogen and oxygen atoms in total. The zero-order valence-corrected chi connectivity index (χ0v) is 14.2. The van der Waals surface area contributed by atoms with Gasteiger partial charge in [-0.05, 0) is 33.1 Å². The molecule has 7 heteroatoms. The fourth-order valence-electron chi connectivity index (χ4n) is 3.21. The molecule has 2 aliphatic rings. The number of amides is 1. The van der Waals surface area contributed by atoms with Gasteiger partial charge in [0.15, 0.2) is 9.84 Å². The Balaban J connectivity index is 1.80. The third-order valence-electron chi connectivity index (χ3n) is 4.84. The lowest BCUT2D eigenvalue weighted by Gasteiger charge is -2.25. The Hall–Kier alpha value is -1.37. The lowest BCUT2D eigenvalue weighted by molar-refractivity contribution is -0.136. The van der Waals surface area contributed by atoms with Gasteiger partial charge in [0.25, 0.3) is 0 Å². The van der Waals surface area contributed by atoms with Crippen LogP contribution in [0.25, 0.3) is 0 Å². The molecule has 22 heavy (non-hydrogen) atoms. The molecule has 1 aliphatic carbocycles. The van der Waals surface area contributed by atoms with Gasteiger partial charge >= 0.3 is 0 Å². The summed E-state index contributed by atoms with van der Waals surface area (Å²) in [5.74, 6) is -0.193. The molecular formula is C15H23N3O3S. The number of carbonyl (C=O) groups is 1. The van der Waals surface area contributed by atoms with Crippen molar-refractivity contribution in [1.29, 1.82) is 0 Å². The van der Waals surface area contributed by atoms with E-state index in [1.807, 2.05) is 30.5 Å². The van der Waals surface area contributed by atoms with E-state index >= 15 is 0 Å². The quantitative estimate of drug-likeness (QED) is 0.827. The third kappa shape index (κ3) is 2.91. The third-order valence-corrected chi connectivity index (χ3v) is 6.61. The van der Waals surface area contributed by atoms with Crippen molar-refractivity contribution in [2.24, 2.45) is 13.0 Å². The molecule has 1 amide bonds. The minimum atomic E-state index is -3.03. The van der Waals surface area contributed by atoms with Gasteiger partial charge in [-0.15, -0.1) is 0 Å². The van der Waals surface area contributed by atoms with Crippen LogP contribution in [0.5, 0.6) is 0 Å². The lowest BCUT2D eigenvalue weighted by atomic mass is 10.1. The normalized spacial score (nSPS) is 23.7. The van der Waals surface area contributed by atoms with Crippen molar-refractivity contribution in [2.45, 2.75) is 45.7 Å². The van der Waals surface area contributed by atoms with E-state index in [1.165, 1.54) is 0 Å². The number of carbonyl (C=O) groups excluding carboxylic acids is 1. The van der Waals surface area contributed by atoms with Gasteiger partial charge in [0.05, 0.1) is 23.1 Å². The van der Waals surface area contributed by atoms with Crippen LogP contribution in [0.1, 0.15) is 36.2 Å². The molecular weight excluding hydrogens is 302 g/mol. The topological polar surface area (TPSA) is 72.3 Å². The minimum Gasteiger partial charge on any atom is -0.335 e. The second kappa shape index (κ2) is 5.37. The monoisotopic (exact) mass is 325 g/mol.